The SMILES string of the molecule is CNc1nc(Sc2ccc(F)cc2F)c2[nH]cnc2n1. The lowest BCUT2D eigenvalue weighted by Gasteiger charge is -2.05. The second-order valence-corrected chi connectivity index (χ2v) is 4.91. The lowest BCUT2D eigenvalue weighted by Crippen LogP contribution is -1.98. The number of benzene rings is 1. The highest BCUT2D eigenvalue weighted by Crippen LogP contribution is 2.32. The maximum absolute atomic E-state index is 13.7. The number of hydrogen-bond donors (Lipinski definition) is 2. The van der Waals surface area contributed by atoms with Gasteiger partial charge in [-0.1, -0.05) is 11.8 Å². The van der Waals surface area contributed by atoms with Gasteiger partial charge in [-0.25, -0.2) is 18.7 Å². The number of nitrogens with one attached hydrogen (secondary N) is 2. The van der Waals surface area contributed by atoms with E-state index in [1.165, 1.54) is 18.5 Å². The summed E-state index contributed by atoms with van der Waals surface area (Å²) in [6.45, 7) is 0. The van der Waals surface area contributed by atoms with Crippen LogP contribution in [-0.4, -0.2) is 27.0 Å². The van der Waals surface area contributed by atoms with Crippen molar-refractivity contribution in [2.45, 2.75) is 9.92 Å². The largest absolute Gasteiger partial charge is 0.357 e. The normalized spacial score (nSPS) is 10.9. The molecule has 3 aromatic rings. The van der Waals surface area contributed by atoms with Crippen LogP contribution in [0.5, 0.6) is 0 Å². The van der Waals surface area contributed by atoms with Crippen molar-refractivity contribution in [2.24, 2.45) is 0 Å². The molecule has 0 unspecified atom stereocenters. The van der Waals surface area contributed by atoms with E-state index in [9.17, 15) is 8.78 Å². The molecular weight excluding hydrogens is 284 g/mol. The van der Waals surface area contributed by atoms with Crippen LogP contribution in [0.4, 0.5) is 14.7 Å². The molecule has 2 heterocycles. The second-order valence-electron chi connectivity index (χ2n) is 3.88. The van der Waals surface area contributed by atoms with Gasteiger partial charge >= 0.3 is 0 Å². The number of hydrogen-bond acceptors (Lipinski definition) is 5. The molecular formula is C12H9F2N5S. The third-order valence-electron chi connectivity index (χ3n) is 2.58. The van der Waals surface area contributed by atoms with Crippen LogP contribution in [-0.2, 0) is 0 Å². The van der Waals surface area contributed by atoms with Crippen molar-refractivity contribution in [1.29, 1.82) is 0 Å². The Morgan fingerprint density at radius 1 is 1.25 bits per heavy atom. The van der Waals surface area contributed by atoms with Crippen molar-refractivity contribution in [3.8, 4) is 0 Å². The minimum absolute atomic E-state index is 0.281. The van der Waals surface area contributed by atoms with Gasteiger partial charge in [0.25, 0.3) is 0 Å². The number of fused-ring (bicyclic) bond motifs is 1. The number of imidazole rings is 1. The van der Waals surface area contributed by atoms with Crippen LogP contribution < -0.4 is 5.32 Å². The summed E-state index contributed by atoms with van der Waals surface area (Å²) in [5, 5.41) is 3.33. The molecule has 102 valence electrons. The van der Waals surface area contributed by atoms with Crippen LogP contribution >= 0.6 is 11.8 Å². The van der Waals surface area contributed by atoms with Crippen LogP contribution in [0.15, 0.2) is 34.4 Å². The van der Waals surface area contributed by atoms with Gasteiger partial charge < -0.3 is 10.3 Å². The highest BCUT2D eigenvalue weighted by Gasteiger charge is 2.13. The van der Waals surface area contributed by atoms with Crippen LogP contribution in [0.1, 0.15) is 0 Å². The molecule has 1 aromatic carbocycles. The number of rotatable bonds is 3. The molecule has 0 amide bonds. The summed E-state index contributed by atoms with van der Waals surface area (Å²) in [4.78, 5) is 15.7. The van der Waals surface area contributed by atoms with Crippen molar-refractivity contribution in [3.05, 3.63) is 36.2 Å². The van der Waals surface area contributed by atoms with Gasteiger partial charge in [0.15, 0.2) is 5.65 Å². The number of H-pyrrole nitrogens is 1. The predicted molar refractivity (Wildman–Crippen MR) is 71.7 cm³/mol. The van der Waals surface area contributed by atoms with E-state index in [0.717, 1.165) is 17.8 Å². The Hall–Kier alpha value is -2.22. The van der Waals surface area contributed by atoms with Crippen LogP contribution in [0, 0.1) is 11.6 Å². The molecule has 0 bridgehead atoms. The molecule has 0 spiro atoms. The monoisotopic (exact) mass is 293 g/mol. The summed E-state index contributed by atoms with van der Waals surface area (Å²) >= 11 is 1.08. The quantitative estimate of drug-likeness (QED) is 0.727. The summed E-state index contributed by atoms with van der Waals surface area (Å²) < 4.78 is 26.6. The van der Waals surface area contributed by atoms with Gasteiger partial charge in [-0.15, -0.1) is 0 Å². The van der Waals surface area contributed by atoms with Gasteiger partial charge in [-0.05, 0) is 12.1 Å². The number of nitrogens with zero attached hydrogens (tertiary/aromatic N) is 3. The number of anilines is 1. The van der Waals surface area contributed by atoms with E-state index in [-0.39, 0.29) is 4.90 Å². The summed E-state index contributed by atoms with van der Waals surface area (Å²) in [5.41, 5.74) is 1.09. The van der Waals surface area contributed by atoms with E-state index in [2.05, 4.69) is 25.3 Å². The summed E-state index contributed by atoms with van der Waals surface area (Å²) in [5.74, 6) is -0.862. The van der Waals surface area contributed by atoms with Gasteiger partial charge in [-0.2, -0.15) is 4.98 Å². The number of aromatic nitrogens is 4. The minimum atomic E-state index is -0.632. The Morgan fingerprint density at radius 3 is 2.85 bits per heavy atom. The molecule has 0 aliphatic heterocycles. The van der Waals surface area contributed by atoms with Crippen molar-refractivity contribution in [3.63, 3.8) is 0 Å². The Kier molecular flexibility index (Phi) is 3.23. The zero-order valence-electron chi connectivity index (χ0n) is 10.3. The molecule has 5 nitrogen and oxygen atoms in total. The molecule has 8 heteroatoms. The molecule has 0 aliphatic carbocycles. The average molecular weight is 293 g/mol. The minimum Gasteiger partial charge on any atom is -0.357 e. The van der Waals surface area contributed by atoms with E-state index >= 15 is 0 Å². The van der Waals surface area contributed by atoms with Gasteiger partial charge in [0.2, 0.25) is 5.95 Å². The van der Waals surface area contributed by atoms with Gasteiger partial charge in [0.05, 0.1) is 6.33 Å². The summed E-state index contributed by atoms with van der Waals surface area (Å²) in [6.07, 6.45) is 1.49. The number of aromatic amines is 1. The fourth-order valence-electron chi connectivity index (χ4n) is 1.65. The predicted octanol–water partition coefficient (Wildman–Crippen LogP) is 2.82. The fourth-order valence-corrected chi connectivity index (χ4v) is 2.54. The molecule has 2 N–H and O–H groups in total. The first-order valence-electron chi connectivity index (χ1n) is 5.69. The molecule has 0 fully saturated rings. The van der Waals surface area contributed by atoms with Gasteiger partial charge in [-0.3, -0.25) is 0 Å². The Morgan fingerprint density at radius 2 is 2.10 bits per heavy atom. The van der Waals surface area contributed by atoms with Crippen LogP contribution in [0.3, 0.4) is 0 Å². The Balaban J connectivity index is 2.07. The van der Waals surface area contributed by atoms with E-state index in [4.69, 9.17) is 0 Å². The van der Waals surface area contributed by atoms with E-state index in [0.29, 0.717) is 22.1 Å². The van der Waals surface area contributed by atoms with Crippen LogP contribution in [0.2, 0.25) is 0 Å². The lowest BCUT2D eigenvalue weighted by atomic mass is 10.3. The smallest absolute Gasteiger partial charge is 0.225 e. The van der Waals surface area contributed by atoms with Gasteiger partial charge in [0, 0.05) is 18.0 Å². The molecule has 3 rings (SSSR count). The van der Waals surface area contributed by atoms with E-state index in [1.807, 2.05) is 0 Å². The molecule has 0 saturated heterocycles. The summed E-state index contributed by atoms with van der Waals surface area (Å²) in [7, 11) is 1.68. The maximum atomic E-state index is 13.7. The van der Waals surface area contributed by atoms with Crippen molar-refractivity contribution in [2.75, 3.05) is 12.4 Å². The third kappa shape index (κ3) is 2.29. The topological polar surface area (TPSA) is 66.5 Å². The highest BCUT2D eigenvalue weighted by molar-refractivity contribution is 7.99. The molecule has 2 aromatic heterocycles. The Labute approximate surface area is 116 Å². The number of halogens is 2. The van der Waals surface area contributed by atoms with E-state index in [1.54, 1.807) is 7.05 Å². The zero-order chi connectivity index (χ0) is 14.1. The molecule has 20 heavy (non-hydrogen) atoms. The summed E-state index contributed by atoms with van der Waals surface area (Å²) in [6, 6.07) is 3.42. The highest BCUT2D eigenvalue weighted by atomic mass is 32.2. The van der Waals surface area contributed by atoms with Gasteiger partial charge in [0.1, 0.15) is 22.2 Å². The molecule has 0 saturated carbocycles. The van der Waals surface area contributed by atoms with Crippen molar-refractivity contribution in [1.82, 2.24) is 19.9 Å². The molecule has 0 aliphatic rings. The fraction of sp³-hybridized carbons (Fsp3) is 0.0833. The van der Waals surface area contributed by atoms with Crippen molar-refractivity contribution >= 4 is 28.9 Å². The van der Waals surface area contributed by atoms with Crippen molar-refractivity contribution < 1.29 is 8.78 Å². The molecule has 0 radical (unpaired) electrons. The average Bonchev–Trinajstić information content (AvgIpc) is 2.90. The lowest BCUT2D eigenvalue weighted by molar-refractivity contribution is 0.565. The van der Waals surface area contributed by atoms with Crippen LogP contribution in [0.25, 0.3) is 11.2 Å². The maximum Gasteiger partial charge on any atom is 0.225 e. The standard InChI is InChI=1S/C12H9F2N5S/c1-15-12-18-10-9(16-5-17-10)11(19-12)20-8-3-2-6(13)4-7(8)14/h2-5H,1H3,(H2,15,16,17,18,19). The zero-order valence-corrected chi connectivity index (χ0v) is 11.1. The first-order valence-corrected chi connectivity index (χ1v) is 6.51. The molecule has 0 atom stereocenters. The third-order valence-corrected chi connectivity index (χ3v) is 3.62. The second kappa shape index (κ2) is 5.04. The first kappa shape index (κ1) is 12.8. The Bertz CT molecular complexity index is 774. The van der Waals surface area contributed by atoms with E-state index < -0.39 is 11.6 Å². The first-order chi connectivity index (χ1) is 9.67.